The largest absolute Gasteiger partial charge is 0.329 e. The van der Waals surface area contributed by atoms with Crippen LogP contribution < -0.4 is 5.32 Å². The zero-order valence-corrected chi connectivity index (χ0v) is 22.3. The molecule has 180 valence electrons. The number of aryl methyl sites for hydroxylation is 1. The number of halogens is 1. The predicted molar refractivity (Wildman–Crippen MR) is 141 cm³/mol. The lowest BCUT2D eigenvalue weighted by Gasteiger charge is -2.24. The van der Waals surface area contributed by atoms with E-state index in [1.54, 1.807) is 21.7 Å². The van der Waals surface area contributed by atoms with Gasteiger partial charge in [0, 0.05) is 28.1 Å². The summed E-state index contributed by atoms with van der Waals surface area (Å²) in [4.78, 5) is 27.9. The van der Waals surface area contributed by atoms with Crippen molar-refractivity contribution in [2.75, 3.05) is 18.4 Å². The van der Waals surface area contributed by atoms with Crippen molar-refractivity contribution in [1.29, 1.82) is 0 Å². The van der Waals surface area contributed by atoms with Gasteiger partial charge in [-0.05, 0) is 48.7 Å². The Hall–Kier alpha value is -2.93. The number of para-hydroxylation sites is 1. The molecule has 0 saturated carbocycles. The number of amides is 2. The van der Waals surface area contributed by atoms with Crippen LogP contribution in [-0.2, 0) is 10.2 Å². The van der Waals surface area contributed by atoms with Gasteiger partial charge in [0.2, 0.25) is 5.91 Å². The Morgan fingerprint density at radius 1 is 1.09 bits per heavy atom. The zero-order valence-electron chi connectivity index (χ0n) is 20.7. The molecule has 0 aliphatic carbocycles. The van der Waals surface area contributed by atoms with Gasteiger partial charge < -0.3 is 10.2 Å². The molecule has 0 aliphatic rings. The second-order valence-electron chi connectivity index (χ2n) is 10.00. The third kappa shape index (κ3) is 6.35. The minimum Gasteiger partial charge on any atom is -0.329 e. The topological polar surface area (TPSA) is 67.2 Å². The average molecular weight is 525 g/mol. The first kappa shape index (κ1) is 25.7. The highest BCUT2D eigenvalue weighted by Crippen LogP contribution is 2.27. The van der Waals surface area contributed by atoms with E-state index in [-0.39, 0.29) is 29.7 Å². The minimum absolute atomic E-state index is 0.0448. The summed E-state index contributed by atoms with van der Waals surface area (Å²) >= 11 is 3.40. The van der Waals surface area contributed by atoms with Gasteiger partial charge in [-0.3, -0.25) is 9.59 Å². The summed E-state index contributed by atoms with van der Waals surface area (Å²) < 4.78 is 2.67. The highest BCUT2D eigenvalue weighted by Gasteiger charge is 2.24. The Kier molecular flexibility index (Phi) is 7.97. The Morgan fingerprint density at radius 3 is 2.32 bits per heavy atom. The number of rotatable bonds is 7. The molecule has 2 aromatic carbocycles. The van der Waals surface area contributed by atoms with Gasteiger partial charge in [0.05, 0.1) is 11.4 Å². The summed E-state index contributed by atoms with van der Waals surface area (Å²) in [6.07, 6.45) is 0. The number of nitrogens with one attached hydrogen (secondary N) is 1. The fourth-order valence-corrected chi connectivity index (χ4v) is 3.88. The number of hydrogen-bond donors (Lipinski definition) is 1. The molecule has 2 amide bonds. The number of nitrogens with zero attached hydrogens (tertiary/aromatic N) is 3. The predicted octanol–water partition coefficient (Wildman–Crippen LogP) is 5.98. The van der Waals surface area contributed by atoms with Crippen LogP contribution in [0.15, 0.2) is 59.1 Å². The molecule has 1 heterocycles. The van der Waals surface area contributed by atoms with E-state index in [2.05, 4.69) is 42.0 Å². The molecule has 0 spiro atoms. The summed E-state index contributed by atoms with van der Waals surface area (Å²) in [6.45, 7) is 12.8. The van der Waals surface area contributed by atoms with Crippen LogP contribution in [0.2, 0.25) is 0 Å². The third-order valence-electron chi connectivity index (χ3n) is 5.39. The van der Waals surface area contributed by atoms with Crippen molar-refractivity contribution in [1.82, 2.24) is 14.7 Å². The molecular formula is C27H33BrN4O2. The van der Waals surface area contributed by atoms with Crippen molar-refractivity contribution in [2.24, 2.45) is 5.92 Å². The van der Waals surface area contributed by atoms with Crippen molar-refractivity contribution < 1.29 is 9.59 Å². The summed E-state index contributed by atoms with van der Waals surface area (Å²) in [6, 6.07) is 17.0. The zero-order chi connectivity index (χ0) is 25.0. The maximum Gasteiger partial charge on any atom is 0.254 e. The molecule has 34 heavy (non-hydrogen) atoms. The van der Waals surface area contributed by atoms with Crippen LogP contribution in [-0.4, -0.2) is 39.6 Å². The minimum atomic E-state index is -0.263. The summed E-state index contributed by atoms with van der Waals surface area (Å²) in [5.41, 5.74) is 3.19. The van der Waals surface area contributed by atoms with Crippen molar-refractivity contribution >= 4 is 33.6 Å². The highest BCUT2D eigenvalue weighted by molar-refractivity contribution is 9.10. The fourth-order valence-electron chi connectivity index (χ4n) is 3.61. The molecule has 7 heteroatoms. The van der Waals surface area contributed by atoms with E-state index < -0.39 is 0 Å². The molecule has 3 aromatic rings. The first-order chi connectivity index (χ1) is 16.0. The van der Waals surface area contributed by atoms with Crippen LogP contribution in [0.3, 0.4) is 0 Å². The Morgan fingerprint density at radius 2 is 1.74 bits per heavy atom. The van der Waals surface area contributed by atoms with Gasteiger partial charge in [0.15, 0.2) is 0 Å². The third-order valence-corrected chi connectivity index (χ3v) is 5.92. The molecular weight excluding hydrogens is 492 g/mol. The van der Waals surface area contributed by atoms with E-state index in [4.69, 9.17) is 5.10 Å². The quantitative estimate of drug-likeness (QED) is 0.413. The van der Waals surface area contributed by atoms with Gasteiger partial charge in [-0.15, -0.1) is 0 Å². The Labute approximate surface area is 210 Å². The van der Waals surface area contributed by atoms with Crippen molar-refractivity contribution in [3.63, 3.8) is 0 Å². The second-order valence-corrected chi connectivity index (χ2v) is 10.9. The van der Waals surface area contributed by atoms with Crippen molar-refractivity contribution in [3.8, 4) is 5.69 Å². The van der Waals surface area contributed by atoms with E-state index in [0.717, 1.165) is 21.4 Å². The van der Waals surface area contributed by atoms with Gasteiger partial charge in [-0.2, -0.15) is 5.10 Å². The molecule has 0 bridgehead atoms. The van der Waals surface area contributed by atoms with E-state index in [1.807, 2.05) is 63.2 Å². The molecule has 6 nitrogen and oxygen atoms in total. The molecule has 0 saturated heterocycles. The first-order valence-corrected chi connectivity index (χ1v) is 12.3. The summed E-state index contributed by atoms with van der Waals surface area (Å²) in [5.74, 6) is 0.377. The lowest BCUT2D eigenvalue weighted by molar-refractivity contribution is -0.117. The second kappa shape index (κ2) is 10.6. The van der Waals surface area contributed by atoms with E-state index >= 15 is 0 Å². The first-order valence-electron chi connectivity index (χ1n) is 11.5. The van der Waals surface area contributed by atoms with E-state index in [9.17, 15) is 9.59 Å². The van der Waals surface area contributed by atoms with Gasteiger partial charge in [0.1, 0.15) is 12.4 Å². The number of anilines is 1. The fraction of sp³-hybridized carbons (Fsp3) is 0.370. The van der Waals surface area contributed by atoms with Crippen molar-refractivity contribution in [3.05, 3.63) is 75.9 Å². The average Bonchev–Trinajstić information content (AvgIpc) is 3.17. The molecule has 0 atom stereocenters. The van der Waals surface area contributed by atoms with Crippen molar-refractivity contribution in [2.45, 2.75) is 47.0 Å². The van der Waals surface area contributed by atoms with E-state index in [1.165, 1.54) is 0 Å². The lowest BCUT2D eigenvalue weighted by atomic mass is 9.92. The smallest absolute Gasteiger partial charge is 0.254 e. The molecule has 0 aliphatic heterocycles. The van der Waals surface area contributed by atoms with Gasteiger partial charge in [-0.25, -0.2) is 4.68 Å². The molecule has 0 unspecified atom stereocenters. The van der Waals surface area contributed by atoms with Crippen LogP contribution in [0.5, 0.6) is 0 Å². The molecule has 1 aromatic heterocycles. The van der Waals surface area contributed by atoms with Gasteiger partial charge in [-0.1, -0.05) is 68.7 Å². The van der Waals surface area contributed by atoms with Gasteiger partial charge >= 0.3 is 0 Å². The van der Waals surface area contributed by atoms with Crippen LogP contribution in [0.1, 0.15) is 56.2 Å². The van der Waals surface area contributed by atoms with Crippen LogP contribution in [0, 0.1) is 12.8 Å². The number of hydrogen-bond acceptors (Lipinski definition) is 3. The summed E-state index contributed by atoms with van der Waals surface area (Å²) in [5, 5.41) is 7.81. The lowest BCUT2D eigenvalue weighted by Crippen LogP contribution is -2.40. The molecule has 0 radical (unpaired) electrons. The SMILES string of the molecule is Cc1ccccc1-n1nc(C(C)(C)C)cc1NC(=O)CN(CC(C)C)C(=O)c1ccc(Br)cc1. The standard InChI is InChI=1S/C27H33BrN4O2/c1-18(2)16-31(26(34)20-11-13-21(28)14-12-20)17-25(33)29-24-15-23(27(4,5)6)30-32(24)22-10-8-7-9-19(22)3/h7-15,18H,16-17H2,1-6H3,(H,29,33). The Balaban J connectivity index is 1.88. The number of carbonyl (C=O) groups is 2. The van der Waals surface area contributed by atoms with E-state index in [0.29, 0.717) is 17.9 Å². The molecule has 0 fully saturated rings. The Bertz CT molecular complexity index is 1160. The summed E-state index contributed by atoms with van der Waals surface area (Å²) in [7, 11) is 0. The normalized spacial score (nSPS) is 11.5. The number of aromatic nitrogens is 2. The maximum atomic E-state index is 13.2. The number of carbonyl (C=O) groups excluding carboxylic acids is 2. The molecule has 1 N–H and O–H groups in total. The van der Waals surface area contributed by atoms with Crippen LogP contribution in [0.4, 0.5) is 5.82 Å². The van der Waals surface area contributed by atoms with Crippen LogP contribution in [0.25, 0.3) is 5.69 Å². The number of benzene rings is 2. The maximum absolute atomic E-state index is 13.2. The molecule has 3 rings (SSSR count). The highest BCUT2D eigenvalue weighted by atomic mass is 79.9. The van der Waals surface area contributed by atoms with Gasteiger partial charge in [0.25, 0.3) is 5.91 Å². The van der Waals surface area contributed by atoms with Crippen LogP contribution >= 0.6 is 15.9 Å². The monoisotopic (exact) mass is 524 g/mol.